The molecule has 0 aliphatic heterocycles. The molecule has 0 spiro atoms. The Morgan fingerprint density at radius 3 is 2.63 bits per heavy atom. The largest absolute Gasteiger partial charge is 0.495 e. The Hall–Kier alpha value is -3.40. The number of rotatable bonds is 7. The normalized spacial score (nSPS) is 11.1. The molecule has 0 radical (unpaired) electrons. The predicted octanol–water partition coefficient (Wildman–Crippen LogP) is 2.99. The summed E-state index contributed by atoms with van der Waals surface area (Å²) in [4.78, 5) is 14.2. The average molecular weight is 389 g/mol. The van der Waals surface area contributed by atoms with Gasteiger partial charge in [0.25, 0.3) is 15.7 Å². The molecule has 0 atom stereocenters. The highest BCUT2D eigenvalue weighted by Gasteiger charge is 2.31. The van der Waals surface area contributed by atoms with E-state index >= 15 is 0 Å². The van der Waals surface area contributed by atoms with E-state index in [2.05, 4.69) is 4.98 Å². The van der Waals surface area contributed by atoms with E-state index in [0.717, 1.165) is 10.4 Å². The van der Waals surface area contributed by atoms with E-state index in [-0.39, 0.29) is 28.7 Å². The number of sulfonamides is 1. The van der Waals surface area contributed by atoms with Gasteiger partial charge in [0.15, 0.2) is 0 Å². The van der Waals surface area contributed by atoms with E-state index in [9.17, 15) is 18.5 Å². The van der Waals surface area contributed by atoms with E-state index < -0.39 is 14.9 Å². The highest BCUT2D eigenvalue weighted by Crippen LogP contribution is 2.33. The smallest absolute Gasteiger partial charge is 0.271 e. The number of hydrogen-bond acceptors (Lipinski definition) is 7. The number of hydrogen-bond donors (Lipinski definition) is 0. The monoisotopic (exact) mass is 389 g/mol. The number of anilines is 1. The fraction of sp³-hybridized carbons (Fsp3) is 0.118. The second-order valence-corrected chi connectivity index (χ2v) is 7.20. The number of ether oxygens (including phenoxy) is 1. The summed E-state index contributed by atoms with van der Waals surface area (Å²) in [5, 5.41) is 11.1. The van der Waals surface area contributed by atoms with Gasteiger partial charge in [-0.3, -0.25) is 10.1 Å². The second-order valence-electron chi connectivity index (χ2n) is 5.37. The fourth-order valence-electron chi connectivity index (χ4n) is 2.43. The van der Waals surface area contributed by atoms with Crippen LogP contribution in [0.25, 0.3) is 0 Å². The van der Waals surface area contributed by atoms with Crippen molar-refractivity contribution in [1.29, 1.82) is 0 Å². The van der Waals surface area contributed by atoms with Crippen molar-refractivity contribution in [1.82, 2.24) is 4.98 Å². The molecule has 3 rings (SSSR count). The van der Waals surface area contributed by atoms with Crippen LogP contribution >= 0.6 is 0 Å². The maximum Gasteiger partial charge on any atom is 0.271 e. The summed E-state index contributed by atoms with van der Waals surface area (Å²) in [6.45, 7) is -0.141. The zero-order valence-electron chi connectivity index (χ0n) is 14.2. The number of nitrogens with zero attached hydrogens (tertiary/aromatic N) is 3. The third-order valence-electron chi connectivity index (χ3n) is 3.71. The second kappa shape index (κ2) is 7.46. The minimum Gasteiger partial charge on any atom is -0.495 e. The van der Waals surface area contributed by atoms with Gasteiger partial charge in [-0.15, -0.1) is 0 Å². The molecule has 0 unspecified atom stereocenters. The highest BCUT2D eigenvalue weighted by molar-refractivity contribution is 7.92. The summed E-state index contributed by atoms with van der Waals surface area (Å²) >= 11 is 0. The van der Waals surface area contributed by atoms with Crippen LogP contribution in [0.1, 0.15) is 5.76 Å². The number of benzene rings is 1. The molecular weight excluding hydrogens is 374 g/mol. The molecule has 2 aromatic heterocycles. The van der Waals surface area contributed by atoms with Crippen molar-refractivity contribution in [2.45, 2.75) is 11.4 Å². The number of nitro groups is 1. The number of aromatic nitrogens is 1. The fourth-order valence-corrected chi connectivity index (χ4v) is 4.00. The van der Waals surface area contributed by atoms with Crippen LogP contribution in [-0.4, -0.2) is 25.4 Å². The molecule has 3 aromatic rings. The number of furan rings is 1. The van der Waals surface area contributed by atoms with Gasteiger partial charge in [0.2, 0.25) is 0 Å². The van der Waals surface area contributed by atoms with E-state index in [1.807, 2.05) is 0 Å². The quantitative estimate of drug-likeness (QED) is 0.450. The van der Waals surface area contributed by atoms with Crippen molar-refractivity contribution in [2.24, 2.45) is 0 Å². The molecule has 0 saturated heterocycles. The van der Waals surface area contributed by atoms with Crippen molar-refractivity contribution in [3.63, 3.8) is 0 Å². The molecule has 0 aliphatic carbocycles. The zero-order valence-corrected chi connectivity index (χ0v) is 15.0. The standard InChI is InChI=1S/C17H15N3O6S/c1-25-15-8-7-13(20(21)22)11-16(15)27(23,24)19(12-14-5-4-10-26-14)17-6-2-3-9-18-17/h2-11H,12H2,1H3. The Labute approximate surface area is 155 Å². The van der Waals surface area contributed by atoms with Crippen LogP contribution in [0, 0.1) is 10.1 Å². The average Bonchev–Trinajstić information content (AvgIpc) is 3.19. The summed E-state index contributed by atoms with van der Waals surface area (Å²) in [6.07, 6.45) is 2.87. The first-order valence-electron chi connectivity index (χ1n) is 7.72. The van der Waals surface area contributed by atoms with Crippen LogP contribution in [0.5, 0.6) is 5.75 Å². The van der Waals surface area contributed by atoms with Gasteiger partial charge in [-0.2, -0.15) is 0 Å². The molecule has 0 fully saturated rings. The minimum atomic E-state index is -4.25. The van der Waals surface area contributed by atoms with E-state index in [1.54, 1.807) is 24.3 Å². The van der Waals surface area contributed by atoms with Gasteiger partial charge in [0.1, 0.15) is 22.2 Å². The first-order valence-corrected chi connectivity index (χ1v) is 9.16. The van der Waals surface area contributed by atoms with Crippen LogP contribution in [0.2, 0.25) is 0 Å². The first kappa shape index (κ1) is 18.4. The van der Waals surface area contributed by atoms with Gasteiger partial charge in [0.05, 0.1) is 24.8 Å². The van der Waals surface area contributed by atoms with Gasteiger partial charge in [0, 0.05) is 18.3 Å². The Kier molecular flexibility index (Phi) is 5.08. The summed E-state index contributed by atoms with van der Waals surface area (Å²) in [6, 6.07) is 11.4. The summed E-state index contributed by atoms with van der Waals surface area (Å²) < 4.78 is 38.1. The number of methoxy groups -OCH3 is 1. The minimum absolute atomic E-state index is 0.0130. The first-order chi connectivity index (χ1) is 12.9. The molecule has 0 aliphatic rings. The third-order valence-corrected chi connectivity index (χ3v) is 5.48. The Morgan fingerprint density at radius 2 is 2.04 bits per heavy atom. The van der Waals surface area contributed by atoms with Crippen LogP contribution in [-0.2, 0) is 16.6 Å². The maximum atomic E-state index is 13.4. The molecule has 0 N–H and O–H groups in total. The molecule has 9 nitrogen and oxygen atoms in total. The summed E-state index contributed by atoms with van der Waals surface area (Å²) in [5.74, 6) is 0.511. The molecule has 140 valence electrons. The van der Waals surface area contributed by atoms with Crippen molar-refractivity contribution in [3.8, 4) is 5.75 Å². The Bertz CT molecular complexity index is 1040. The van der Waals surface area contributed by atoms with Gasteiger partial charge in [-0.1, -0.05) is 6.07 Å². The Morgan fingerprint density at radius 1 is 1.22 bits per heavy atom. The van der Waals surface area contributed by atoms with Gasteiger partial charge < -0.3 is 9.15 Å². The molecule has 27 heavy (non-hydrogen) atoms. The van der Waals surface area contributed by atoms with Crippen LogP contribution in [0.15, 0.2) is 70.3 Å². The van der Waals surface area contributed by atoms with Crippen LogP contribution in [0.3, 0.4) is 0 Å². The molecule has 0 bridgehead atoms. The lowest BCUT2D eigenvalue weighted by Gasteiger charge is -2.23. The van der Waals surface area contributed by atoms with Crippen molar-refractivity contribution in [2.75, 3.05) is 11.4 Å². The summed E-state index contributed by atoms with van der Waals surface area (Å²) in [5.41, 5.74) is -0.367. The maximum absolute atomic E-state index is 13.4. The van der Waals surface area contributed by atoms with Gasteiger partial charge >= 0.3 is 0 Å². The van der Waals surface area contributed by atoms with Crippen molar-refractivity contribution >= 4 is 21.5 Å². The number of non-ortho nitro benzene ring substituents is 1. The van der Waals surface area contributed by atoms with Gasteiger partial charge in [-0.05, 0) is 30.3 Å². The summed E-state index contributed by atoms with van der Waals surface area (Å²) in [7, 11) is -2.96. The van der Waals surface area contributed by atoms with Gasteiger partial charge in [-0.25, -0.2) is 17.7 Å². The third kappa shape index (κ3) is 3.75. The Balaban J connectivity index is 2.16. The molecule has 1 aromatic carbocycles. The van der Waals surface area contributed by atoms with Crippen LogP contribution in [0.4, 0.5) is 11.5 Å². The van der Waals surface area contributed by atoms with Crippen molar-refractivity contribution < 1.29 is 22.5 Å². The molecular formula is C17H15N3O6S. The van der Waals surface area contributed by atoms with E-state index in [4.69, 9.17) is 9.15 Å². The topological polar surface area (TPSA) is 116 Å². The lowest BCUT2D eigenvalue weighted by Crippen LogP contribution is -2.31. The SMILES string of the molecule is COc1ccc([N+](=O)[O-])cc1S(=O)(=O)N(Cc1ccco1)c1ccccn1. The highest BCUT2D eigenvalue weighted by atomic mass is 32.2. The molecule has 10 heteroatoms. The number of nitro benzene ring substituents is 1. The van der Waals surface area contributed by atoms with E-state index in [1.165, 1.54) is 37.8 Å². The molecule has 0 saturated carbocycles. The predicted molar refractivity (Wildman–Crippen MR) is 96.0 cm³/mol. The number of pyridine rings is 1. The lowest BCUT2D eigenvalue weighted by atomic mass is 10.3. The van der Waals surface area contributed by atoms with Crippen molar-refractivity contribution in [3.05, 3.63) is 76.9 Å². The molecule has 0 amide bonds. The van der Waals surface area contributed by atoms with Crippen LogP contribution < -0.4 is 9.04 Å². The molecule has 2 heterocycles. The lowest BCUT2D eigenvalue weighted by molar-refractivity contribution is -0.385. The van der Waals surface area contributed by atoms with E-state index in [0.29, 0.717) is 5.76 Å². The zero-order chi connectivity index (χ0) is 19.4.